The van der Waals surface area contributed by atoms with Gasteiger partial charge < -0.3 is 5.32 Å². The number of rotatable bonds is 6. The van der Waals surface area contributed by atoms with Crippen molar-refractivity contribution in [1.82, 2.24) is 9.62 Å². The number of likely N-dealkylation sites (tertiary alicyclic amines) is 1. The lowest BCUT2D eigenvalue weighted by atomic mass is 9.81. The summed E-state index contributed by atoms with van der Waals surface area (Å²) in [6.45, 7) is 0.0721. The van der Waals surface area contributed by atoms with Gasteiger partial charge in [-0.1, -0.05) is 12.8 Å². The molecular weight excluding hydrogens is 370 g/mol. The summed E-state index contributed by atoms with van der Waals surface area (Å²) in [6.07, 6.45) is 3.44. The Morgan fingerprint density at radius 3 is 2.15 bits per heavy atom. The summed E-state index contributed by atoms with van der Waals surface area (Å²) in [5.74, 6) is -1.07. The maximum absolute atomic E-state index is 12.4. The molecule has 1 aliphatic heterocycles. The van der Waals surface area contributed by atoms with E-state index in [1.165, 1.54) is 36.2 Å². The van der Waals surface area contributed by atoms with E-state index < -0.39 is 10.0 Å². The quantitative estimate of drug-likeness (QED) is 0.703. The summed E-state index contributed by atoms with van der Waals surface area (Å²) in [4.78, 5) is 38.2. The van der Waals surface area contributed by atoms with E-state index in [1.54, 1.807) is 0 Å². The molecule has 1 heterocycles. The number of nitrogens with one attached hydrogen (secondary N) is 2. The van der Waals surface area contributed by atoms with Gasteiger partial charge in [-0.25, -0.2) is 13.1 Å². The molecule has 1 aliphatic carbocycles. The smallest absolute Gasteiger partial charge is 0.240 e. The zero-order valence-electron chi connectivity index (χ0n) is 15.1. The highest BCUT2D eigenvalue weighted by atomic mass is 32.2. The van der Waals surface area contributed by atoms with Gasteiger partial charge in [0.2, 0.25) is 27.7 Å². The van der Waals surface area contributed by atoms with Gasteiger partial charge in [0.05, 0.1) is 16.7 Å². The van der Waals surface area contributed by atoms with Crippen LogP contribution in [0.25, 0.3) is 0 Å². The fourth-order valence-electron chi connectivity index (χ4n) is 3.72. The maximum Gasteiger partial charge on any atom is 0.240 e. The van der Waals surface area contributed by atoms with Crippen molar-refractivity contribution in [2.45, 2.75) is 37.0 Å². The largest absolute Gasteiger partial charge is 0.326 e. The van der Waals surface area contributed by atoms with Crippen molar-refractivity contribution in [3.05, 3.63) is 24.3 Å². The van der Waals surface area contributed by atoms with Gasteiger partial charge in [0.1, 0.15) is 0 Å². The molecule has 1 saturated carbocycles. The number of fused-ring (bicyclic) bond motifs is 1. The molecule has 2 N–H and O–H groups in total. The van der Waals surface area contributed by atoms with E-state index in [0.717, 1.165) is 25.7 Å². The molecule has 8 nitrogen and oxygen atoms in total. The molecule has 0 radical (unpaired) electrons. The minimum atomic E-state index is -3.53. The first-order chi connectivity index (χ1) is 12.8. The number of carbonyl (C=O) groups is 3. The fraction of sp³-hybridized carbons (Fsp3) is 0.500. The molecule has 0 aromatic heterocycles. The van der Waals surface area contributed by atoms with E-state index in [-0.39, 0.29) is 47.4 Å². The zero-order valence-corrected chi connectivity index (χ0v) is 15.9. The Morgan fingerprint density at radius 1 is 1.07 bits per heavy atom. The second-order valence-corrected chi connectivity index (χ2v) is 8.74. The lowest BCUT2D eigenvalue weighted by Gasteiger charge is -2.19. The molecule has 3 rings (SSSR count). The Bertz CT molecular complexity index is 826. The molecule has 9 heteroatoms. The Morgan fingerprint density at radius 2 is 1.63 bits per heavy atom. The molecule has 146 valence electrons. The Labute approximate surface area is 158 Å². The van der Waals surface area contributed by atoms with E-state index in [2.05, 4.69) is 10.0 Å². The van der Waals surface area contributed by atoms with Crippen molar-refractivity contribution in [1.29, 1.82) is 0 Å². The van der Waals surface area contributed by atoms with Crippen molar-refractivity contribution in [2.75, 3.05) is 18.9 Å². The molecule has 1 aromatic rings. The van der Waals surface area contributed by atoms with Crippen LogP contribution >= 0.6 is 0 Å². The van der Waals surface area contributed by atoms with Crippen molar-refractivity contribution in [2.24, 2.45) is 11.8 Å². The average molecular weight is 393 g/mol. The number of amides is 3. The van der Waals surface area contributed by atoms with E-state index in [1.807, 2.05) is 0 Å². The molecule has 0 spiro atoms. The number of benzene rings is 1. The van der Waals surface area contributed by atoms with Gasteiger partial charge in [-0.2, -0.15) is 0 Å². The molecule has 2 atom stereocenters. The second-order valence-electron chi connectivity index (χ2n) is 6.86. The molecular formula is C18H23N3O5S. The van der Waals surface area contributed by atoms with Gasteiger partial charge in [-0.3, -0.25) is 19.3 Å². The van der Waals surface area contributed by atoms with Crippen molar-refractivity contribution in [3.8, 4) is 0 Å². The summed E-state index contributed by atoms with van der Waals surface area (Å²) in [7, 11) is -2.21. The Balaban J connectivity index is 1.55. The maximum atomic E-state index is 12.4. The number of anilines is 1. The van der Waals surface area contributed by atoms with Crippen molar-refractivity contribution in [3.63, 3.8) is 0 Å². The number of nitrogens with zero attached hydrogens (tertiary/aromatic N) is 1. The van der Waals surface area contributed by atoms with Gasteiger partial charge in [0.25, 0.3) is 0 Å². The summed E-state index contributed by atoms with van der Waals surface area (Å²) in [5, 5.41) is 2.65. The van der Waals surface area contributed by atoms with Gasteiger partial charge in [-0.15, -0.1) is 0 Å². The number of sulfonamides is 1. The highest BCUT2D eigenvalue weighted by molar-refractivity contribution is 7.89. The van der Waals surface area contributed by atoms with Crippen LogP contribution in [0.3, 0.4) is 0 Å². The van der Waals surface area contributed by atoms with E-state index in [9.17, 15) is 22.8 Å². The van der Waals surface area contributed by atoms with Gasteiger partial charge in [0, 0.05) is 18.7 Å². The highest BCUT2D eigenvalue weighted by Gasteiger charge is 2.47. The van der Waals surface area contributed by atoms with Crippen LogP contribution in [0.4, 0.5) is 5.69 Å². The molecule has 27 heavy (non-hydrogen) atoms. The Kier molecular flexibility index (Phi) is 5.61. The van der Waals surface area contributed by atoms with Crippen LogP contribution in [0.1, 0.15) is 32.1 Å². The normalized spacial score (nSPS) is 22.6. The SMILES string of the molecule is CNS(=O)(=O)c1ccc(NC(=O)CCN2C(=O)[C@H]3CCCC[C@@H]3C2=O)cc1. The van der Waals surface area contributed by atoms with Crippen LogP contribution in [-0.2, 0) is 24.4 Å². The van der Waals surface area contributed by atoms with Crippen LogP contribution in [0.5, 0.6) is 0 Å². The van der Waals surface area contributed by atoms with E-state index in [4.69, 9.17) is 0 Å². The van der Waals surface area contributed by atoms with Crippen LogP contribution in [0.2, 0.25) is 0 Å². The minimum absolute atomic E-state index is 0.00743. The predicted molar refractivity (Wildman–Crippen MR) is 98.1 cm³/mol. The third-order valence-electron chi connectivity index (χ3n) is 5.21. The standard InChI is InChI=1S/C18H23N3O5S/c1-19-27(25,26)13-8-6-12(7-9-13)20-16(22)10-11-21-17(23)14-4-2-3-5-15(14)18(21)24/h6-9,14-15,19H,2-5,10-11H2,1H3,(H,20,22)/t14-,15-/m0/s1. The molecule has 3 amide bonds. The third kappa shape index (κ3) is 4.03. The summed E-state index contributed by atoms with van der Waals surface area (Å²) < 4.78 is 25.6. The van der Waals surface area contributed by atoms with Crippen LogP contribution in [0, 0.1) is 11.8 Å². The van der Waals surface area contributed by atoms with E-state index >= 15 is 0 Å². The van der Waals surface area contributed by atoms with Gasteiger partial charge in [0.15, 0.2) is 0 Å². The molecule has 2 aliphatic rings. The molecule has 1 saturated heterocycles. The average Bonchev–Trinajstić information content (AvgIpc) is 2.91. The predicted octanol–water partition coefficient (Wildman–Crippen LogP) is 1.10. The third-order valence-corrected chi connectivity index (χ3v) is 6.64. The van der Waals surface area contributed by atoms with Crippen LogP contribution in [-0.4, -0.2) is 44.6 Å². The molecule has 2 fully saturated rings. The van der Waals surface area contributed by atoms with Crippen LogP contribution in [0.15, 0.2) is 29.2 Å². The Hall–Kier alpha value is -2.26. The highest BCUT2D eigenvalue weighted by Crippen LogP contribution is 2.37. The minimum Gasteiger partial charge on any atom is -0.326 e. The van der Waals surface area contributed by atoms with E-state index in [0.29, 0.717) is 5.69 Å². The van der Waals surface area contributed by atoms with Gasteiger partial charge >= 0.3 is 0 Å². The number of hydrogen-bond donors (Lipinski definition) is 2. The first-order valence-electron chi connectivity index (χ1n) is 9.02. The summed E-state index contributed by atoms with van der Waals surface area (Å²) in [6, 6.07) is 5.75. The monoisotopic (exact) mass is 393 g/mol. The fourth-order valence-corrected chi connectivity index (χ4v) is 4.45. The first kappa shape index (κ1) is 19.5. The number of imide groups is 1. The zero-order chi connectivity index (χ0) is 19.6. The molecule has 1 aromatic carbocycles. The van der Waals surface area contributed by atoms with Crippen molar-refractivity contribution < 1.29 is 22.8 Å². The van der Waals surface area contributed by atoms with Crippen LogP contribution < -0.4 is 10.0 Å². The lowest BCUT2D eigenvalue weighted by Crippen LogP contribution is -2.34. The first-order valence-corrected chi connectivity index (χ1v) is 10.5. The lowest BCUT2D eigenvalue weighted by molar-refractivity contribution is -0.140. The summed E-state index contributed by atoms with van der Waals surface area (Å²) in [5.41, 5.74) is 0.447. The molecule has 0 bridgehead atoms. The number of hydrogen-bond acceptors (Lipinski definition) is 5. The van der Waals surface area contributed by atoms with Crippen molar-refractivity contribution >= 4 is 33.4 Å². The topological polar surface area (TPSA) is 113 Å². The molecule has 0 unspecified atom stereocenters. The number of carbonyl (C=O) groups excluding carboxylic acids is 3. The summed E-state index contributed by atoms with van der Waals surface area (Å²) >= 11 is 0. The second kappa shape index (κ2) is 7.77. The van der Waals surface area contributed by atoms with Gasteiger partial charge in [-0.05, 0) is 44.2 Å².